The number of carbonyl (C=O) groups excluding carboxylic acids is 1. The minimum atomic E-state index is -1.11. The van der Waals surface area contributed by atoms with Crippen molar-refractivity contribution < 1.29 is 24.9 Å². The van der Waals surface area contributed by atoms with Crippen LogP contribution in [0.4, 0.5) is 0 Å². The predicted molar refractivity (Wildman–Crippen MR) is 68.1 cm³/mol. The highest BCUT2D eigenvalue weighted by Crippen LogP contribution is 2.24. The van der Waals surface area contributed by atoms with Crippen LogP contribution in [-0.4, -0.2) is 33.2 Å². The summed E-state index contributed by atoms with van der Waals surface area (Å²) in [5.74, 6) is -2.70. The van der Waals surface area contributed by atoms with Gasteiger partial charge >= 0.3 is 5.97 Å². The monoisotopic (exact) mass is 267 g/mol. The number of phenols is 2. The van der Waals surface area contributed by atoms with Crippen LogP contribution in [0.1, 0.15) is 30.6 Å². The van der Waals surface area contributed by atoms with Gasteiger partial charge in [-0.05, 0) is 24.1 Å². The van der Waals surface area contributed by atoms with Crippen molar-refractivity contribution in [3.8, 4) is 11.5 Å². The molecule has 0 spiro atoms. The Morgan fingerprint density at radius 1 is 1.26 bits per heavy atom. The first-order valence-electron chi connectivity index (χ1n) is 5.92. The zero-order chi connectivity index (χ0) is 14.6. The van der Waals surface area contributed by atoms with Gasteiger partial charge in [-0.15, -0.1) is 0 Å². The second kappa shape index (κ2) is 6.08. The average molecular weight is 267 g/mol. The number of rotatable bonds is 5. The number of aliphatic carboxylic acids is 1. The van der Waals surface area contributed by atoms with Crippen LogP contribution in [0.2, 0.25) is 0 Å². The third-order valence-corrected chi connectivity index (χ3v) is 3.00. The summed E-state index contributed by atoms with van der Waals surface area (Å²) in [5, 5.41) is 29.9. The molecule has 1 rings (SSSR count). The molecule has 104 valence electrons. The van der Waals surface area contributed by atoms with Crippen molar-refractivity contribution in [3.63, 3.8) is 0 Å². The molecule has 2 atom stereocenters. The number of hydrogen-bond acceptors (Lipinski definition) is 4. The van der Waals surface area contributed by atoms with E-state index in [1.807, 2.05) is 6.92 Å². The van der Waals surface area contributed by atoms with Crippen LogP contribution in [0.5, 0.6) is 11.5 Å². The molecule has 0 aliphatic rings. The molecule has 0 saturated heterocycles. The van der Waals surface area contributed by atoms with Crippen molar-refractivity contribution >= 4 is 11.9 Å². The fourth-order valence-electron chi connectivity index (χ4n) is 1.57. The number of phenolic OH excluding ortho intramolecular Hbond substituents is 2. The van der Waals surface area contributed by atoms with Crippen LogP contribution in [-0.2, 0) is 4.79 Å². The molecule has 0 radical (unpaired) electrons. The molecule has 1 aromatic carbocycles. The van der Waals surface area contributed by atoms with Gasteiger partial charge in [0.05, 0.1) is 0 Å². The first-order valence-corrected chi connectivity index (χ1v) is 5.92. The minimum Gasteiger partial charge on any atom is -0.504 e. The largest absolute Gasteiger partial charge is 0.504 e. The van der Waals surface area contributed by atoms with Crippen LogP contribution in [0.15, 0.2) is 18.2 Å². The third-order valence-electron chi connectivity index (χ3n) is 3.00. The highest BCUT2D eigenvalue weighted by atomic mass is 16.4. The smallest absolute Gasteiger partial charge is 0.326 e. The molecule has 0 aromatic heterocycles. The van der Waals surface area contributed by atoms with Gasteiger partial charge in [0.1, 0.15) is 6.04 Å². The summed E-state index contributed by atoms with van der Waals surface area (Å²) in [6.07, 6.45) is 0.609. The number of benzene rings is 1. The lowest BCUT2D eigenvalue weighted by molar-refractivity contribution is -0.140. The molecule has 1 aromatic rings. The maximum absolute atomic E-state index is 11.9. The number of hydrogen-bond donors (Lipinski definition) is 4. The molecule has 6 nitrogen and oxygen atoms in total. The van der Waals surface area contributed by atoms with E-state index in [9.17, 15) is 14.7 Å². The van der Waals surface area contributed by atoms with E-state index in [-0.39, 0.29) is 17.2 Å². The van der Waals surface area contributed by atoms with Crippen LogP contribution in [0, 0.1) is 5.92 Å². The van der Waals surface area contributed by atoms with Crippen molar-refractivity contribution in [1.29, 1.82) is 0 Å². The molecular weight excluding hydrogens is 250 g/mol. The number of nitrogens with one attached hydrogen (secondary N) is 1. The molecule has 4 N–H and O–H groups in total. The standard InChI is InChI=1S/C13H17NO5/c1-3-7(2)11(13(18)19)14-12(17)8-4-5-9(15)10(16)6-8/h4-7,11,15-16H,3H2,1-2H3,(H,14,17)(H,18,19)/t7?,11-/m0/s1. The molecule has 0 heterocycles. The van der Waals surface area contributed by atoms with Crippen LogP contribution < -0.4 is 5.32 Å². The van der Waals surface area contributed by atoms with Gasteiger partial charge in [0, 0.05) is 5.56 Å². The van der Waals surface area contributed by atoms with Gasteiger partial charge in [-0.3, -0.25) is 4.79 Å². The Balaban J connectivity index is 2.87. The summed E-state index contributed by atoms with van der Waals surface area (Å²) in [7, 11) is 0. The van der Waals surface area contributed by atoms with Gasteiger partial charge < -0.3 is 20.6 Å². The second-order valence-electron chi connectivity index (χ2n) is 4.38. The van der Waals surface area contributed by atoms with E-state index >= 15 is 0 Å². The summed E-state index contributed by atoms with van der Waals surface area (Å²) < 4.78 is 0. The Hall–Kier alpha value is -2.24. The maximum atomic E-state index is 11.9. The Labute approximate surface area is 110 Å². The Bertz CT molecular complexity index is 486. The first kappa shape index (κ1) is 14.8. The lowest BCUT2D eigenvalue weighted by Gasteiger charge is -2.20. The Morgan fingerprint density at radius 2 is 1.89 bits per heavy atom. The summed E-state index contributed by atoms with van der Waals surface area (Å²) in [4.78, 5) is 23.0. The van der Waals surface area contributed by atoms with E-state index in [1.54, 1.807) is 6.92 Å². The second-order valence-corrected chi connectivity index (χ2v) is 4.38. The quantitative estimate of drug-likeness (QED) is 0.602. The molecule has 6 heteroatoms. The number of aromatic hydroxyl groups is 2. The van der Waals surface area contributed by atoms with Gasteiger partial charge in [0.15, 0.2) is 11.5 Å². The summed E-state index contributed by atoms with van der Waals surface area (Å²) in [6, 6.07) is 2.57. The number of amides is 1. The van der Waals surface area contributed by atoms with E-state index in [2.05, 4.69) is 5.32 Å². The van der Waals surface area contributed by atoms with Crippen LogP contribution >= 0.6 is 0 Å². The first-order chi connectivity index (χ1) is 8.86. The summed E-state index contributed by atoms with van der Waals surface area (Å²) >= 11 is 0. The zero-order valence-electron chi connectivity index (χ0n) is 10.8. The fraction of sp³-hybridized carbons (Fsp3) is 0.385. The van der Waals surface area contributed by atoms with E-state index in [4.69, 9.17) is 10.2 Å². The maximum Gasteiger partial charge on any atom is 0.326 e. The topological polar surface area (TPSA) is 107 Å². The van der Waals surface area contributed by atoms with Crippen molar-refractivity contribution in [3.05, 3.63) is 23.8 Å². The third kappa shape index (κ3) is 3.61. The molecule has 1 unspecified atom stereocenters. The number of carbonyl (C=O) groups is 2. The number of carboxylic acid groups (broad SMARTS) is 1. The molecule has 19 heavy (non-hydrogen) atoms. The highest BCUT2D eigenvalue weighted by molar-refractivity contribution is 5.97. The number of carboxylic acids is 1. The minimum absolute atomic E-state index is 0.0878. The molecule has 0 fully saturated rings. The Kier molecular flexibility index (Phi) is 4.74. The van der Waals surface area contributed by atoms with Crippen molar-refractivity contribution in [2.24, 2.45) is 5.92 Å². The van der Waals surface area contributed by atoms with Gasteiger partial charge in [-0.1, -0.05) is 20.3 Å². The van der Waals surface area contributed by atoms with Gasteiger partial charge in [-0.25, -0.2) is 4.79 Å². The van der Waals surface area contributed by atoms with Crippen LogP contribution in [0.3, 0.4) is 0 Å². The summed E-state index contributed by atoms with van der Waals surface area (Å²) in [6.45, 7) is 3.56. The SMILES string of the molecule is CCC(C)[C@H](NC(=O)c1ccc(O)c(O)c1)C(=O)O. The van der Waals surface area contributed by atoms with Gasteiger partial charge in [-0.2, -0.15) is 0 Å². The molecule has 1 amide bonds. The molecule has 0 bridgehead atoms. The Morgan fingerprint density at radius 3 is 2.37 bits per heavy atom. The zero-order valence-corrected chi connectivity index (χ0v) is 10.8. The molecule has 0 saturated carbocycles. The lowest BCUT2D eigenvalue weighted by Crippen LogP contribution is -2.45. The predicted octanol–water partition coefficient (Wildman–Crippen LogP) is 1.33. The van der Waals surface area contributed by atoms with Crippen molar-refractivity contribution in [2.45, 2.75) is 26.3 Å². The van der Waals surface area contributed by atoms with E-state index in [0.717, 1.165) is 6.07 Å². The fourth-order valence-corrected chi connectivity index (χ4v) is 1.57. The average Bonchev–Trinajstić information content (AvgIpc) is 2.37. The molecule has 0 aliphatic heterocycles. The molecule has 0 aliphatic carbocycles. The lowest BCUT2D eigenvalue weighted by atomic mass is 9.99. The van der Waals surface area contributed by atoms with Crippen LogP contribution in [0.25, 0.3) is 0 Å². The summed E-state index contributed by atoms with van der Waals surface area (Å²) in [5.41, 5.74) is 0.0878. The van der Waals surface area contributed by atoms with Gasteiger partial charge in [0.25, 0.3) is 5.91 Å². The van der Waals surface area contributed by atoms with E-state index < -0.39 is 23.7 Å². The highest BCUT2D eigenvalue weighted by Gasteiger charge is 2.25. The normalized spacial score (nSPS) is 13.6. The van der Waals surface area contributed by atoms with E-state index in [1.165, 1.54) is 12.1 Å². The molecular formula is C13H17NO5. The van der Waals surface area contributed by atoms with E-state index in [0.29, 0.717) is 6.42 Å². The van der Waals surface area contributed by atoms with Crippen molar-refractivity contribution in [2.75, 3.05) is 0 Å². The van der Waals surface area contributed by atoms with Crippen molar-refractivity contribution in [1.82, 2.24) is 5.32 Å². The van der Waals surface area contributed by atoms with Gasteiger partial charge in [0.2, 0.25) is 0 Å².